The maximum absolute atomic E-state index is 11.6. The zero-order valence-corrected chi connectivity index (χ0v) is 14.9. The van der Waals surface area contributed by atoms with Gasteiger partial charge in [0.15, 0.2) is 0 Å². The Bertz CT molecular complexity index is 727. The molecule has 2 heterocycles. The van der Waals surface area contributed by atoms with Crippen LogP contribution in [0.1, 0.15) is 16.4 Å². The van der Waals surface area contributed by atoms with E-state index >= 15 is 0 Å². The first-order valence-electron chi connectivity index (χ1n) is 7.02. The average molecular weight is 356 g/mol. The second-order valence-electron chi connectivity index (χ2n) is 5.09. The van der Waals surface area contributed by atoms with Gasteiger partial charge >= 0.3 is 0 Å². The minimum Gasteiger partial charge on any atom is -0.485 e. The van der Waals surface area contributed by atoms with Crippen molar-refractivity contribution in [2.75, 3.05) is 20.6 Å². The van der Waals surface area contributed by atoms with Crippen molar-refractivity contribution in [2.24, 2.45) is 0 Å². The van der Waals surface area contributed by atoms with Crippen LogP contribution in [0.3, 0.4) is 0 Å². The average Bonchev–Trinajstić information content (AvgIpc) is 2.94. The molecule has 0 aromatic carbocycles. The summed E-state index contributed by atoms with van der Waals surface area (Å²) in [5, 5.41) is 2.76. The highest BCUT2D eigenvalue weighted by Crippen LogP contribution is 2.15. The van der Waals surface area contributed by atoms with Crippen LogP contribution in [0.4, 0.5) is 0 Å². The lowest BCUT2D eigenvalue weighted by Crippen LogP contribution is -2.36. The van der Waals surface area contributed by atoms with Gasteiger partial charge in [-0.15, -0.1) is 11.3 Å². The number of hydrogen-bond donors (Lipinski definition) is 1. The predicted molar refractivity (Wildman–Crippen MR) is 89.7 cm³/mol. The molecular formula is C14H20N4O3S2. The molecule has 2 aromatic heterocycles. The van der Waals surface area contributed by atoms with E-state index in [1.807, 2.05) is 24.4 Å². The molecule has 0 aliphatic carbocycles. The SMILES string of the molecule is Cc1ccc(OCc2nc(CCNS(=O)(=O)N(C)C)cs2)cn1. The first-order chi connectivity index (χ1) is 10.9. The molecule has 7 nitrogen and oxygen atoms in total. The molecule has 2 rings (SSSR count). The van der Waals surface area contributed by atoms with Crippen LogP contribution in [0, 0.1) is 6.92 Å². The molecule has 0 aliphatic heterocycles. The van der Waals surface area contributed by atoms with Gasteiger partial charge in [0, 0.05) is 38.1 Å². The molecule has 2 aromatic rings. The molecule has 1 N–H and O–H groups in total. The number of nitrogens with zero attached hydrogens (tertiary/aromatic N) is 3. The van der Waals surface area contributed by atoms with E-state index in [0.29, 0.717) is 25.3 Å². The zero-order valence-electron chi connectivity index (χ0n) is 13.3. The van der Waals surface area contributed by atoms with E-state index in [0.717, 1.165) is 20.7 Å². The van der Waals surface area contributed by atoms with Crippen LogP contribution in [0.25, 0.3) is 0 Å². The summed E-state index contributed by atoms with van der Waals surface area (Å²) in [6, 6.07) is 3.76. The number of hydrogen-bond acceptors (Lipinski definition) is 6. The number of pyridine rings is 1. The topological polar surface area (TPSA) is 84.4 Å². The molecule has 0 saturated carbocycles. The van der Waals surface area contributed by atoms with Crippen molar-refractivity contribution in [3.63, 3.8) is 0 Å². The second kappa shape index (κ2) is 7.82. The molecule has 0 aliphatic rings. The Hall–Kier alpha value is -1.55. The Labute approximate surface area is 140 Å². The molecule has 0 bridgehead atoms. The molecule has 0 atom stereocenters. The van der Waals surface area contributed by atoms with Crippen LogP contribution < -0.4 is 9.46 Å². The van der Waals surface area contributed by atoms with Crippen molar-refractivity contribution in [3.05, 3.63) is 40.1 Å². The molecule has 0 radical (unpaired) electrons. The predicted octanol–water partition coefficient (Wildman–Crippen LogP) is 1.36. The summed E-state index contributed by atoms with van der Waals surface area (Å²) >= 11 is 1.49. The highest BCUT2D eigenvalue weighted by molar-refractivity contribution is 7.87. The fourth-order valence-corrected chi connectivity index (χ4v) is 3.01. The highest BCUT2D eigenvalue weighted by atomic mass is 32.2. The van der Waals surface area contributed by atoms with Gasteiger partial charge in [0.05, 0.1) is 11.9 Å². The van der Waals surface area contributed by atoms with E-state index in [2.05, 4.69) is 14.7 Å². The van der Waals surface area contributed by atoms with Gasteiger partial charge in [-0.1, -0.05) is 0 Å². The Kier molecular flexibility index (Phi) is 6.05. The van der Waals surface area contributed by atoms with Crippen LogP contribution >= 0.6 is 11.3 Å². The van der Waals surface area contributed by atoms with Crippen LogP contribution in [0.5, 0.6) is 5.75 Å². The van der Waals surface area contributed by atoms with Gasteiger partial charge in [0.1, 0.15) is 17.4 Å². The largest absolute Gasteiger partial charge is 0.485 e. The summed E-state index contributed by atoms with van der Waals surface area (Å²) < 4.78 is 32.4. The Morgan fingerprint density at radius 1 is 1.35 bits per heavy atom. The molecular weight excluding hydrogens is 336 g/mol. The summed E-state index contributed by atoms with van der Waals surface area (Å²) in [5.41, 5.74) is 1.78. The summed E-state index contributed by atoms with van der Waals surface area (Å²) in [4.78, 5) is 8.60. The third-order valence-electron chi connectivity index (χ3n) is 2.99. The summed E-state index contributed by atoms with van der Waals surface area (Å²) in [7, 11) is -0.411. The van der Waals surface area contributed by atoms with E-state index in [4.69, 9.17) is 4.74 Å². The molecule has 126 valence electrons. The third kappa shape index (κ3) is 5.54. The van der Waals surface area contributed by atoms with Crippen molar-refractivity contribution in [1.82, 2.24) is 19.0 Å². The van der Waals surface area contributed by atoms with Crippen LogP contribution in [-0.4, -0.2) is 43.3 Å². The molecule has 0 spiro atoms. The van der Waals surface area contributed by atoms with Crippen molar-refractivity contribution >= 4 is 21.5 Å². The highest BCUT2D eigenvalue weighted by Gasteiger charge is 2.12. The quantitative estimate of drug-likeness (QED) is 0.772. The van der Waals surface area contributed by atoms with Crippen molar-refractivity contribution in [3.8, 4) is 5.75 Å². The third-order valence-corrected chi connectivity index (χ3v) is 5.39. The lowest BCUT2D eigenvalue weighted by molar-refractivity contribution is 0.304. The minimum absolute atomic E-state index is 0.312. The fraction of sp³-hybridized carbons (Fsp3) is 0.429. The maximum Gasteiger partial charge on any atom is 0.278 e. The number of thiazole rings is 1. The van der Waals surface area contributed by atoms with Crippen LogP contribution in [0.2, 0.25) is 0 Å². The molecule has 23 heavy (non-hydrogen) atoms. The summed E-state index contributed by atoms with van der Waals surface area (Å²) in [5.74, 6) is 0.700. The first-order valence-corrected chi connectivity index (χ1v) is 9.34. The van der Waals surface area contributed by atoms with Gasteiger partial charge in [-0.25, -0.2) is 9.71 Å². The number of rotatable bonds is 8. The Balaban J connectivity index is 1.80. The standard InChI is InChI=1S/C14H20N4O3S2/c1-11-4-5-13(8-15-11)21-9-14-17-12(10-22-14)6-7-16-23(19,20)18(2)3/h4-5,8,10,16H,6-7,9H2,1-3H3. The van der Waals surface area contributed by atoms with Crippen molar-refractivity contribution in [2.45, 2.75) is 20.0 Å². The molecule has 9 heteroatoms. The molecule has 0 unspecified atom stereocenters. The van der Waals surface area contributed by atoms with Gasteiger partial charge in [-0.2, -0.15) is 12.7 Å². The number of aromatic nitrogens is 2. The van der Waals surface area contributed by atoms with Crippen molar-refractivity contribution in [1.29, 1.82) is 0 Å². The minimum atomic E-state index is -3.38. The molecule has 0 amide bonds. The lowest BCUT2D eigenvalue weighted by Gasteiger charge is -2.11. The number of nitrogens with one attached hydrogen (secondary N) is 1. The fourth-order valence-electron chi connectivity index (χ4n) is 1.65. The van der Waals surface area contributed by atoms with Crippen LogP contribution in [0.15, 0.2) is 23.7 Å². The Morgan fingerprint density at radius 3 is 2.78 bits per heavy atom. The normalized spacial score (nSPS) is 11.8. The molecule has 0 fully saturated rings. The van der Waals surface area contributed by atoms with E-state index in [-0.39, 0.29) is 0 Å². The lowest BCUT2D eigenvalue weighted by atomic mass is 10.3. The van der Waals surface area contributed by atoms with E-state index in [1.54, 1.807) is 6.20 Å². The second-order valence-corrected chi connectivity index (χ2v) is 8.00. The van der Waals surface area contributed by atoms with Gasteiger partial charge in [0.25, 0.3) is 10.2 Å². The van der Waals surface area contributed by atoms with Gasteiger partial charge < -0.3 is 4.74 Å². The van der Waals surface area contributed by atoms with E-state index < -0.39 is 10.2 Å². The van der Waals surface area contributed by atoms with Gasteiger partial charge in [0.2, 0.25) is 0 Å². The van der Waals surface area contributed by atoms with Gasteiger partial charge in [-0.3, -0.25) is 4.98 Å². The van der Waals surface area contributed by atoms with Gasteiger partial charge in [-0.05, 0) is 19.1 Å². The first kappa shape index (κ1) is 17.8. The van der Waals surface area contributed by atoms with Crippen LogP contribution in [-0.2, 0) is 23.2 Å². The number of aryl methyl sites for hydroxylation is 1. The van der Waals surface area contributed by atoms with E-state index in [9.17, 15) is 8.42 Å². The summed E-state index contributed by atoms with van der Waals surface area (Å²) in [6.45, 7) is 2.60. The zero-order chi connectivity index (χ0) is 16.9. The maximum atomic E-state index is 11.6. The van der Waals surface area contributed by atoms with Crippen molar-refractivity contribution < 1.29 is 13.2 Å². The molecule has 0 saturated heterocycles. The monoisotopic (exact) mass is 356 g/mol. The summed E-state index contributed by atoms with van der Waals surface area (Å²) in [6.07, 6.45) is 2.22. The Morgan fingerprint density at radius 2 is 2.13 bits per heavy atom. The number of ether oxygens (including phenoxy) is 1. The smallest absolute Gasteiger partial charge is 0.278 e. The van der Waals surface area contributed by atoms with E-state index in [1.165, 1.54) is 25.4 Å².